The highest BCUT2D eigenvalue weighted by Crippen LogP contribution is 2.17. The van der Waals surface area contributed by atoms with Crippen LogP contribution in [0.2, 0.25) is 0 Å². The molecular weight excluding hydrogens is 228 g/mol. The Hall–Kier alpha value is -2.55. The van der Waals surface area contributed by atoms with Crippen LogP contribution in [-0.2, 0) is 4.79 Å². The molecule has 0 heterocycles. The summed E-state index contributed by atoms with van der Waals surface area (Å²) in [4.78, 5) is 11.5. The highest BCUT2D eigenvalue weighted by molar-refractivity contribution is 5.89. The fourth-order valence-electron chi connectivity index (χ4n) is 1.42. The summed E-state index contributed by atoms with van der Waals surface area (Å²) >= 11 is 0. The highest BCUT2D eigenvalue weighted by atomic mass is 16.5. The fraction of sp³-hybridized carbons (Fsp3) is 0. The molecular formula is C15H12O3. The zero-order valence-corrected chi connectivity index (χ0v) is 9.61. The molecule has 0 saturated heterocycles. The highest BCUT2D eigenvalue weighted by Gasteiger charge is 2.00. The lowest BCUT2D eigenvalue weighted by molar-refractivity contribution is -0.128. The van der Waals surface area contributed by atoms with Gasteiger partial charge in [0.25, 0.3) is 0 Å². The molecule has 0 unspecified atom stereocenters. The van der Waals surface area contributed by atoms with E-state index >= 15 is 0 Å². The van der Waals surface area contributed by atoms with Crippen molar-refractivity contribution in [3.63, 3.8) is 0 Å². The lowest BCUT2D eigenvalue weighted by Gasteiger charge is -2.00. The first-order valence-electron chi connectivity index (χ1n) is 5.48. The normalized spacial score (nSPS) is 10.4. The molecule has 18 heavy (non-hydrogen) atoms. The summed E-state index contributed by atoms with van der Waals surface area (Å²) in [7, 11) is 0. The lowest BCUT2D eigenvalue weighted by atomic mass is 10.2. The van der Waals surface area contributed by atoms with Gasteiger partial charge >= 0.3 is 5.97 Å². The van der Waals surface area contributed by atoms with Crippen molar-refractivity contribution in [3.8, 4) is 11.5 Å². The summed E-state index contributed by atoms with van der Waals surface area (Å²) in [6, 6.07) is 15.6. The van der Waals surface area contributed by atoms with E-state index in [1.165, 1.54) is 12.2 Å². The number of carbonyl (C=O) groups is 1. The van der Waals surface area contributed by atoms with Gasteiger partial charge in [-0.15, -0.1) is 0 Å². The molecule has 0 spiro atoms. The second kappa shape index (κ2) is 5.68. The summed E-state index contributed by atoms with van der Waals surface area (Å²) in [5, 5.41) is 9.51. The molecule has 0 fully saturated rings. The van der Waals surface area contributed by atoms with E-state index in [2.05, 4.69) is 0 Å². The van der Waals surface area contributed by atoms with E-state index in [1.54, 1.807) is 48.5 Å². The van der Waals surface area contributed by atoms with Gasteiger partial charge in [0.15, 0.2) is 0 Å². The van der Waals surface area contributed by atoms with Crippen molar-refractivity contribution in [1.82, 2.24) is 0 Å². The van der Waals surface area contributed by atoms with Gasteiger partial charge in [-0.3, -0.25) is 0 Å². The molecule has 0 atom stereocenters. The molecule has 2 aromatic carbocycles. The number of rotatable bonds is 3. The maximum atomic E-state index is 11.5. The van der Waals surface area contributed by atoms with Gasteiger partial charge in [0.05, 0.1) is 0 Å². The van der Waals surface area contributed by atoms with Crippen LogP contribution in [0, 0.1) is 0 Å². The number of phenols is 1. The van der Waals surface area contributed by atoms with E-state index in [1.807, 2.05) is 6.07 Å². The van der Waals surface area contributed by atoms with Gasteiger partial charge in [0.1, 0.15) is 11.5 Å². The van der Waals surface area contributed by atoms with Crippen molar-refractivity contribution in [2.45, 2.75) is 0 Å². The number of ether oxygens (including phenoxy) is 1. The molecule has 0 aliphatic carbocycles. The third-order valence-corrected chi connectivity index (χ3v) is 2.30. The van der Waals surface area contributed by atoms with Crippen LogP contribution in [0.25, 0.3) is 6.08 Å². The Kier molecular flexibility index (Phi) is 3.76. The van der Waals surface area contributed by atoms with E-state index in [-0.39, 0.29) is 5.75 Å². The molecule has 0 radical (unpaired) electrons. The first-order chi connectivity index (χ1) is 8.75. The largest absolute Gasteiger partial charge is 0.507 e. The summed E-state index contributed by atoms with van der Waals surface area (Å²) in [5.74, 6) is 0.134. The van der Waals surface area contributed by atoms with Crippen LogP contribution in [0.15, 0.2) is 60.7 Å². The molecule has 0 aliphatic heterocycles. The van der Waals surface area contributed by atoms with Gasteiger partial charge in [-0.25, -0.2) is 4.79 Å². The Labute approximate surface area is 105 Å². The van der Waals surface area contributed by atoms with Gasteiger partial charge < -0.3 is 9.84 Å². The van der Waals surface area contributed by atoms with E-state index in [0.29, 0.717) is 11.3 Å². The minimum Gasteiger partial charge on any atom is -0.507 e. The van der Waals surface area contributed by atoms with Crippen LogP contribution in [0.5, 0.6) is 11.5 Å². The van der Waals surface area contributed by atoms with E-state index in [0.717, 1.165) is 0 Å². The topological polar surface area (TPSA) is 46.5 Å². The Morgan fingerprint density at radius 2 is 1.67 bits per heavy atom. The quantitative estimate of drug-likeness (QED) is 0.509. The Balaban J connectivity index is 2.02. The van der Waals surface area contributed by atoms with Crippen LogP contribution < -0.4 is 4.74 Å². The zero-order valence-electron chi connectivity index (χ0n) is 9.61. The molecule has 0 aromatic heterocycles. The van der Waals surface area contributed by atoms with Crippen molar-refractivity contribution in [3.05, 3.63) is 66.2 Å². The maximum absolute atomic E-state index is 11.5. The molecule has 0 saturated carbocycles. The average molecular weight is 240 g/mol. The second-order valence-electron chi connectivity index (χ2n) is 3.63. The third-order valence-electron chi connectivity index (χ3n) is 2.30. The van der Waals surface area contributed by atoms with Gasteiger partial charge in [0.2, 0.25) is 0 Å². The summed E-state index contributed by atoms with van der Waals surface area (Å²) in [6.45, 7) is 0. The maximum Gasteiger partial charge on any atom is 0.336 e. The van der Waals surface area contributed by atoms with Crippen LogP contribution in [-0.4, -0.2) is 11.1 Å². The number of carbonyl (C=O) groups excluding carboxylic acids is 1. The molecule has 3 heteroatoms. The molecule has 0 amide bonds. The SMILES string of the molecule is O=C(/C=C/c1ccccc1O)Oc1ccccc1. The van der Waals surface area contributed by atoms with E-state index < -0.39 is 5.97 Å². The standard InChI is InChI=1S/C15H12O3/c16-14-9-5-4-6-12(14)10-11-15(17)18-13-7-2-1-3-8-13/h1-11,16H/b11-10+. The average Bonchev–Trinajstić information content (AvgIpc) is 2.39. The second-order valence-corrected chi connectivity index (χ2v) is 3.63. The monoisotopic (exact) mass is 240 g/mol. The van der Waals surface area contributed by atoms with Crippen molar-refractivity contribution in [2.75, 3.05) is 0 Å². The molecule has 90 valence electrons. The number of hydrogen-bond acceptors (Lipinski definition) is 3. The van der Waals surface area contributed by atoms with Crippen LogP contribution in [0.1, 0.15) is 5.56 Å². The molecule has 2 rings (SSSR count). The molecule has 2 aromatic rings. The van der Waals surface area contributed by atoms with Crippen LogP contribution >= 0.6 is 0 Å². The van der Waals surface area contributed by atoms with Crippen LogP contribution in [0.4, 0.5) is 0 Å². The van der Waals surface area contributed by atoms with Gasteiger partial charge in [-0.05, 0) is 24.3 Å². The molecule has 3 nitrogen and oxygen atoms in total. The fourth-order valence-corrected chi connectivity index (χ4v) is 1.42. The first-order valence-corrected chi connectivity index (χ1v) is 5.48. The van der Waals surface area contributed by atoms with Gasteiger partial charge in [0, 0.05) is 11.6 Å². The summed E-state index contributed by atoms with van der Waals surface area (Å²) in [5.41, 5.74) is 0.572. The van der Waals surface area contributed by atoms with Crippen LogP contribution in [0.3, 0.4) is 0 Å². The number of phenolic OH excluding ortho intramolecular Hbond substituents is 1. The van der Waals surface area contributed by atoms with Crippen molar-refractivity contribution in [1.29, 1.82) is 0 Å². The Morgan fingerprint density at radius 1 is 1.00 bits per heavy atom. The Morgan fingerprint density at radius 3 is 2.39 bits per heavy atom. The van der Waals surface area contributed by atoms with E-state index in [9.17, 15) is 9.90 Å². The molecule has 0 aliphatic rings. The zero-order chi connectivity index (χ0) is 12.8. The minimum absolute atomic E-state index is 0.126. The smallest absolute Gasteiger partial charge is 0.336 e. The first kappa shape index (κ1) is 11.9. The van der Waals surface area contributed by atoms with Crippen molar-refractivity contribution < 1.29 is 14.6 Å². The Bertz CT molecular complexity index is 559. The number of hydrogen-bond donors (Lipinski definition) is 1. The molecule has 1 N–H and O–H groups in total. The third kappa shape index (κ3) is 3.22. The predicted octanol–water partition coefficient (Wildman–Crippen LogP) is 3.01. The van der Waals surface area contributed by atoms with Gasteiger partial charge in [-0.1, -0.05) is 36.4 Å². The minimum atomic E-state index is -0.482. The molecule has 0 bridgehead atoms. The lowest BCUT2D eigenvalue weighted by Crippen LogP contribution is -2.03. The van der Waals surface area contributed by atoms with Crippen molar-refractivity contribution >= 4 is 12.0 Å². The van der Waals surface area contributed by atoms with Crippen molar-refractivity contribution in [2.24, 2.45) is 0 Å². The number of para-hydroxylation sites is 2. The van der Waals surface area contributed by atoms with Gasteiger partial charge in [-0.2, -0.15) is 0 Å². The summed E-state index contributed by atoms with van der Waals surface area (Å²) < 4.78 is 5.07. The number of esters is 1. The number of benzene rings is 2. The predicted molar refractivity (Wildman–Crippen MR) is 69.2 cm³/mol. The number of aromatic hydroxyl groups is 1. The summed E-state index contributed by atoms with van der Waals surface area (Å²) in [6.07, 6.45) is 2.79. The van der Waals surface area contributed by atoms with E-state index in [4.69, 9.17) is 4.74 Å².